The molecule has 1 amide bonds. The van der Waals surface area contributed by atoms with E-state index < -0.39 is 0 Å². The van der Waals surface area contributed by atoms with Crippen LogP contribution in [0, 0.1) is 6.92 Å². The number of morpholine rings is 1. The van der Waals surface area contributed by atoms with Crippen LogP contribution in [0.3, 0.4) is 0 Å². The fraction of sp³-hybridized carbons (Fsp3) is 0.348. The monoisotopic (exact) mass is 436 g/mol. The topological polar surface area (TPSA) is 76.5 Å². The minimum Gasteiger partial charge on any atom is -0.378 e. The number of ketones is 1. The molecule has 4 heterocycles. The van der Waals surface area contributed by atoms with Crippen LogP contribution in [0.4, 0.5) is 4.79 Å². The van der Waals surface area contributed by atoms with E-state index in [1.165, 1.54) is 0 Å². The summed E-state index contributed by atoms with van der Waals surface area (Å²) in [6.07, 6.45) is 3.57. The summed E-state index contributed by atoms with van der Waals surface area (Å²) in [4.78, 5) is 32.9. The number of hydrogen-bond donors (Lipinski definition) is 1. The average molecular weight is 437 g/mol. The van der Waals surface area contributed by atoms with Gasteiger partial charge >= 0.3 is 6.03 Å². The summed E-state index contributed by atoms with van der Waals surface area (Å²) >= 11 is 1.71. The number of Topliss-reactive ketones (excluding diaryl/α,β-unsaturated/α-hetero) is 1. The highest BCUT2D eigenvalue weighted by Gasteiger charge is 2.35. The van der Waals surface area contributed by atoms with Crippen LogP contribution < -0.4 is 5.32 Å². The first-order valence-corrected chi connectivity index (χ1v) is 11.5. The number of amides is 1. The van der Waals surface area contributed by atoms with Crippen molar-refractivity contribution in [3.05, 3.63) is 65.6 Å². The third-order valence-electron chi connectivity index (χ3n) is 5.92. The van der Waals surface area contributed by atoms with E-state index >= 15 is 0 Å². The lowest BCUT2D eigenvalue weighted by Gasteiger charge is -2.27. The van der Waals surface area contributed by atoms with Gasteiger partial charge in [-0.15, -0.1) is 11.8 Å². The predicted octanol–water partition coefficient (Wildman–Crippen LogP) is 3.23. The van der Waals surface area contributed by atoms with Crippen molar-refractivity contribution in [2.45, 2.75) is 18.3 Å². The predicted molar refractivity (Wildman–Crippen MR) is 121 cm³/mol. The van der Waals surface area contributed by atoms with Crippen LogP contribution in [0.5, 0.6) is 0 Å². The van der Waals surface area contributed by atoms with Gasteiger partial charge in [-0.05, 0) is 24.6 Å². The number of fused-ring (bicyclic) bond motifs is 1. The van der Waals surface area contributed by atoms with Gasteiger partial charge in [0.1, 0.15) is 0 Å². The van der Waals surface area contributed by atoms with E-state index in [0.717, 1.165) is 16.5 Å². The Balaban J connectivity index is 1.48. The Morgan fingerprint density at radius 2 is 1.97 bits per heavy atom. The van der Waals surface area contributed by atoms with Gasteiger partial charge in [-0.3, -0.25) is 19.7 Å². The van der Waals surface area contributed by atoms with Crippen LogP contribution >= 0.6 is 11.8 Å². The Hall–Kier alpha value is -2.68. The molecule has 2 unspecified atom stereocenters. The van der Waals surface area contributed by atoms with Crippen LogP contribution in [0.15, 0.2) is 48.8 Å². The Labute approximate surface area is 184 Å². The number of para-hydroxylation sites is 1. The second-order valence-corrected chi connectivity index (χ2v) is 8.92. The molecule has 0 radical (unpaired) electrons. The number of nitrogens with zero attached hydrogens (tertiary/aromatic N) is 3. The molecule has 0 spiro atoms. The second kappa shape index (κ2) is 8.45. The van der Waals surface area contributed by atoms with Gasteiger partial charge in [-0.2, -0.15) is 0 Å². The van der Waals surface area contributed by atoms with E-state index in [2.05, 4.69) is 10.3 Å². The molecule has 1 aromatic carbocycles. The lowest BCUT2D eigenvalue weighted by atomic mass is 10.0. The molecule has 2 fully saturated rings. The Morgan fingerprint density at radius 1 is 1.16 bits per heavy atom. The zero-order chi connectivity index (χ0) is 21.4. The molecule has 2 atom stereocenters. The van der Waals surface area contributed by atoms with Gasteiger partial charge in [-0.1, -0.05) is 24.3 Å². The smallest absolute Gasteiger partial charge is 0.329 e. The third-order valence-corrected chi connectivity index (χ3v) is 7.18. The molecule has 8 heteroatoms. The van der Waals surface area contributed by atoms with E-state index in [1.54, 1.807) is 27.4 Å². The summed E-state index contributed by atoms with van der Waals surface area (Å²) in [7, 11) is 0. The number of ether oxygens (including phenoxy) is 1. The highest BCUT2D eigenvalue weighted by molar-refractivity contribution is 7.99. The average Bonchev–Trinajstić information content (AvgIpc) is 3.42. The third kappa shape index (κ3) is 3.64. The molecular weight excluding hydrogens is 412 g/mol. The Kier molecular flexibility index (Phi) is 5.52. The van der Waals surface area contributed by atoms with Crippen molar-refractivity contribution in [1.29, 1.82) is 0 Å². The largest absolute Gasteiger partial charge is 0.378 e. The van der Waals surface area contributed by atoms with Crippen molar-refractivity contribution < 1.29 is 14.3 Å². The fourth-order valence-electron chi connectivity index (χ4n) is 4.34. The Bertz CT molecular complexity index is 1120. The summed E-state index contributed by atoms with van der Waals surface area (Å²) in [5, 5.41) is 4.31. The van der Waals surface area contributed by atoms with Gasteiger partial charge < -0.3 is 9.64 Å². The molecule has 31 heavy (non-hydrogen) atoms. The number of hydrogen-bond acceptors (Lipinski definition) is 6. The van der Waals surface area contributed by atoms with Gasteiger partial charge in [-0.25, -0.2) is 4.79 Å². The fourth-order valence-corrected chi connectivity index (χ4v) is 5.57. The molecule has 0 saturated carbocycles. The minimum atomic E-state index is -0.313. The summed E-state index contributed by atoms with van der Waals surface area (Å²) in [6, 6.07) is 11.2. The highest BCUT2D eigenvalue weighted by Crippen LogP contribution is 2.35. The summed E-state index contributed by atoms with van der Waals surface area (Å²) in [5.41, 5.74) is 3.15. The maximum Gasteiger partial charge on any atom is 0.329 e. The SMILES string of the molecule is Cc1c(C(=O)C2CSC(c3cccnc3)N2)c2ccccc2n1C(=O)N1CCOCC1. The molecule has 1 N–H and O–H groups in total. The number of pyridine rings is 1. The lowest BCUT2D eigenvalue weighted by Crippen LogP contribution is -2.43. The first-order valence-electron chi connectivity index (χ1n) is 10.4. The number of thioether (sulfide) groups is 1. The highest BCUT2D eigenvalue weighted by atomic mass is 32.2. The zero-order valence-corrected chi connectivity index (χ0v) is 18.1. The Morgan fingerprint density at radius 3 is 2.74 bits per heavy atom. The maximum absolute atomic E-state index is 13.6. The molecular formula is C23H24N4O3S. The summed E-state index contributed by atoms with van der Waals surface area (Å²) < 4.78 is 7.08. The summed E-state index contributed by atoms with van der Waals surface area (Å²) in [5.74, 6) is 0.704. The maximum atomic E-state index is 13.6. The standard InChI is InChI=1S/C23H24N4O3S/c1-15-20(21(28)18-14-31-22(25-18)16-5-4-8-24-13-16)17-6-2-3-7-19(17)27(15)23(29)26-9-11-30-12-10-26/h2-8,13,18,22,25H,9-12,14H2,1H3. The molecule has 160 valence electrons. The van der Waals surface area contributed by atoms with Gasteiger partial charge in [0.2, 0.25) is 0 Å². The number of benzene rings is 1. The molecule has 2 saturated heterocycles. The van der Waals surface area contributed by atoms with Crippen LogP contribution in [-0.4, -0.2) is 64.4 Å². The molecule has 3 aromatic rings. The first kappa shape index (κ1) is 20.2. The molecule has 0 aliphatic carbocycles. The first-order chi connectivity index (χ1) is 15.1. The van der Waals surface area contributed by atoms with Crippen molar-refractivity contribution in [3.63, 3.8) is 0 Å². The van der Waals surface area contributed by atoms with Crippen molar-refractivity contribution >= 4 is 34.5 Å². The number of carbonyl (C=O) groups excluding carboxylic acids is 2. The van der Waals surface area contributed by atoms with Crippen molar-refractivity contribution in [1.82, 2.24) is 19.8 Å². The van der Waals surface area contributed by atoms with Crippen LogP contribution in [0.25, 0.3) is 10.9 Å². The number of aromatic nitrogens is 2. The molecule has 2 aromatic heterocycles. The van der Waals surface area contributed by atoms with Gasteiger partial charge in [0.25, 0.3) is 0 Å². The zero-order valence-electron chi connectivity index (χ0n) is 17.3. The van der Waals surface area contributed by atoms with E-state index in [4.69, 9.17) is 4.74 Å². The molecule has 2 aliphatic heterocycles. The molecule has 5 rings (SSSR count). The summed E-state index contributed by atoms with van der Waals surface area (Å²) in [6.45, 7) is 4.05. The molecule has 7 nitrogen and oxygen atoms in total. The van der Waals surface area contributed by atoms with Crippen LogP contribution in [0.1, 0.15) is 27.0 Å². The van der Waals surface area contributed by atoms with E-state index in [9.17, 15) is 9.59 Å². The second-order valence-electron chi connectivity index (χ2n) is 7.78. The minimum absolute atomic E-state index is 0.0288. The number of rotatable bonds is 3. The van der Waals surface area contributed by atoms with Crippen molar-refractivity contribution in [2.75, 3.05) is 32.1 Å². The van der Waals surface area contributed by atoms with E-state index in [1.807, 2.05) is 49.5 Å². The van der Waals surface area contributed by atoms with Crippen LogP contribution in [-0.2, 0) is 4.74 Å². The van der Waals surface area contributed by atoms with Crippen LogP contribution in [0.2, 0.25) is 0 Å². The quantitative estimate of drug-likeness (QED) is 0.636. The molecule has 2 aliphatic rings. The van der Waals surface area contributed by atoms with Gasteiger partial charge in [0.05, 0.1) is 30.1 Å². The molecule has 0 bridgehead atoms. The van der Waals surface area contributed by atoms with E-state index in [0.29, 0.717) is 43.3 Å². The normalized spacial score (nSPS) is 21.5. The van der Waals surface area contributed by atoms with E-state index in [-0.39, 0.29) is 23.2 Å². The van der Waals surface area contributed by atoms with Gasteiger partial charge in [0.15, 0.2) is 5.78 Å². The number of carbonyl (C=O) groups is 2. The van der Waals surface area contributed by atoms with Crippen molar-refractivity contribution in [3.8, 4) is 0 Å². The lowest BCUT2D eigenvalue weighted by molar-refractivity contribution is 0.0537. The number of nitrogens with one attached hydrogen (secondary N) is 1. The van der Waals surface area contributed by atoms with Gasteiger partial charge in [0, 0.05) is 47.9 Å². The van der Waals surface area contributed by atoms with Crippen molar-refractivity contribution in [2.24, 2.45) is 0 Å².